The molecule has 30 heavy (non-hydrogen) atoms. The predicted molar refractivity (Wildman–Crippen MR) is 107 cm³/mol. The van der Waals surface area contributed by atoms with Crippen LogP contribution in [0.5, 0.6) is 0 Å². The van der Waals surface area contributed by atoms with Crippen molar-refractivity contribution in [3.8, 4) is 11.1 Å². The molecule has 0 aliphatic carbocycles. The molecule has 1 aliphatic rings. The molecule has 0 radical (unpaired) electrons. The third-order valence-corrected chi connectivity index (χ3v) is 4.80. The summed E-state index contributed by atoms with van der Waals surface area (Å²) in [5.41, 5.74) is 1.57. The lowest BCUT2D eigenvalue weighted by Gasteiger charge is -2.15. The van der Waals surface area contributed by atoms with Crippen molar-refractivity contribution in [1.82, 2.24) is 19.7 Å². The van der Waals surface area contributed by atoms with E-state index in [1.165, 1.54) is 12.3 Å². The number of aromatic nitrogens is 3. The van der Waals surface area contributed by atoms with E-state index in [1.807, 2.05) is 0 Å². The van der Waals surface area contributed by atoms with Gasteiger partial charge in [-0.1, -0.05) is 6.07 Å². The highest BCUT2D eigenvalue weighted by Gasteiger charge is 2.20. The maximum atomic E-state index is 13.5. The van der Waals surface area contributed by atoms with Crippen LogP contribution in [0, 0.1) is 5.82 Å². The summed E-state index contributed by atoms with van der Waals surface area (Å²) < 4.78 is 45.3. The first kappa shape index (κ1) is 21.8. The molecular formula is C21H23F3N4O2. The zero-order valence-corrected chi connectivity index (χ0v) is 16.8. The van der Waals surface area contributed by atoms with E-state index in [0.717, 1.165) is 38.1 Å². The molecular weight excluding hydrogens is 397 g/mol. The van der Waals surface area contributed by atoms with E-state index in [0.29, 0.717) is 22.2 Å². The highest BCUT2D eigenvalue weighted by molar-refractivity contribution is 5.83. The molecule has 3 heterocycles. The zero-order chi connectivity index (χ0) is 21.7. The number of fused-ring (bicyclic) bond motifs is 1. The van der Waals surface area contributed by atoms with Gasteiger partial charge in [0.2, 0.25) is 5.91 Å². The molecule has 0 atom stereocenters. The summed E-state index contributed by atoms with van der Waals surface area (Å²) in [6.45, 7) is 1.61. The molecule has 1 fully saturated rings. The lowest BCUT2D eigenvalue weighted by atomic mass is 10.0. The van der Waals surface area contributed by atoms with Gasteiger partial charge in [-0.2, -0.15) is 5.10 Å². The molecule has 4 rings (SSSR count). The fourth-order valence-corrected chi connectivity index (χ4v) is 3.33. The van der Waals surface area contributed by atoms with Crippen molar-refractivity contribution < 1.29 is 22.7 Å². The first-order chi connectivity index (χ1) is 14.4. The fourth-order valence-electron chi connectivity index (χ4n) is 3.33. The summed E-state index contributed by atoms with van der Waals surface area (Å²) in [6, 6.07) is 5.31. The van der Waals surface area contributed by atoms with Crippen LogP contribution in [0.25, 0.3) is 22.2 Å². The number of benzene rings is 1. The number of methoxy groups -OCH3 is 1. The SMILES string of the molecule is COC.O=C(Cn1ncc2ncc(-c3ccc(F)c(C(F)F)c3)cc21)N1CCCC1. The van der Waals surface area contributed by atoms with E-state index < -0.39 is 17.8 Å². The topological polar surface area (TPSA) is 60.3 Å². The molecule has 1 aliphatic heterocycles. The normalized spacial score (nSPS) is 13.6. The minimum Gasteiger partial charge on any atom is -0.388 e. The smallest absolute Gasteiger partial charge is 0.266 e. The monoisotopic (exact) mass is 420 g/mol. The van der Waals surface area contributed by atoms with Crippen molar-refractivity contribution >= 4 is 16.9 Å². The summed E-state index contributed by atoms with van der Waals surface area (Å²) >= 11 is 0. The summed E-state index contributed by atoms with van der Waals surface area (Å²) in [7, 11) is 3.25. The molecule has 160 valence electrons. The summed E-state index contributed by atoms with van der Waals surface area (Å²) in [4.78, 5) is 18.5. The van der Waals surface area contributed by atoms with Gasteiger partial charge in [-0.15, -0.1) is 0 Å². The number of likely N-dealkylation sites (tertiary alicyclic amines) is 1. The van der Waals surface area contributed by atoms with E-state index >= 15 is 0 Å². The third kappa shape index (κ3) is 4.79. The van der Waals surface area contributed by atoms with Gasteiger partial charge in [0, 0.05) is 39.1 Å². The Hall–Kier alpha value is -2.94. The van der Waals surface area contributed by atoms with Gasteiger partial charge in [-0.05, 0) is 36.6 Å². The van der Waals surface area contributed by atoms with Gasteiger partial charge in [-0.3, -0.25) is 14.5 Å². The molecule has 1 amide bonds. The second-order valence-corrected chi connectivity index (χ2v) is 6.96. The number of hydrogen-bond acceptors (Lipinski definition) is 4. The van der Waals surface area contributed by atoms with Crippen LogP contribution in [0.15, 0.2) is 36.7 Å². The molecule has 6 nitrogen and oxygen atoms in total. The van der Waals surface area contributed by atoms with E-state index in [4.69, 9.17) is 0 Å². The molecule has 3 aromatic rings. The molecule has 0 saturated carbocycles. The first-order valence-electron chi connectivity index (χ1n) is 9.52. The molecule has 9 heteroatoms. The Kier molecular flexibility index (Phi) is 7.04. The number of alkyl halides is 2. The molecule has 1 saturated heterocycles. The number of hydrogen-bond donors (Lipinski definition) is 0. The Balaban J connectivity index is 0.000000806. The van der Waals surface area contributed by atoms with Crippen LogP contribution in [-0.4, -0.2) is 52.9 Å². The minimum absolute atomic E-state index is 0.00956. The van der Waals surface area contributed by atoms with Crippen molar-refractivity contribution in [2.45, 2.75) is 25.8 Å². The Morgan fingerprint density at radius 3 is 2.50 bits per heavy atom. The Morgan fingerprint density at radius 2 is 1.83 bits per heavy atom. The van der Waals surface area contributed by atoms with Crippen molar-refractivity contribution in [1.29, 1.82) is 0 Å². The lowest BCUT2D eigenvalue weighted by Crippen LogP contribution is -2.31. The van der Waals surface area contributed by atoms with Crippen LogP contribution in [0.3, 0.4) is 0 Å². The van der Waals surface area contributed by atoms with Gasteiger partial charge in [-0.25, -0.2) is 13.2 Å². The van der Waals surface area contributed by atoms with Crippen LogP contribution in [0.4, 0.5) is 13.2 Å². The van der Waals surface area contributed by atoms with Gasteiger partial charge in [0.1, 0.15) is 17.9 Å². The number of ether oxygens (including phenoxy) is 1. The standard InChI is InChI=1S/C19H17F3N4O.C2H6O/c20-15-4-3-12(7-14(15)19(21)22)13-8-17-16(23-9-13)10-24-26(17)11-18(27)25-5-1-2-6-25;1-3-2/h3-4,7-10,19H,1-2,5-6,11H2;1-2H3. The number of rotatable bonds is 4. The first-order valence-corrected chi connectivity index (χ1v) is 9.52. The van der Waals surface area contributed by atoms with Crippen LogP contribution < -0.4 is 0 Å². The average molecular weight is 420 g/mol. The second-order valence-electron chi connectivity index (χ2n) is 6.96. The predicted octanol–water partition coefficient (Wildman–Crippen LogP) is 4.06. The maximum absolute atomic E-state index is 13.5. The molecule has 0 bridgehead atoms. The lowest BCUT2D eigenvalue weighted by molar-refractivity contribution is -0.130. The highest BCUT2D eigenvalue weighted by Crippen LogP contribution is 2.29. The van der Waals surface area contributed by atoms with Crippen molar-refractivity contribution in [2.24, 2.45) is 0 Å². The molecule has 0 spiro atoms. The van der Waals surface area contributed by atoms with E-state index in [1.54, 1.807) is 36.1 Å². The number of amides is 1. The Morgan fingerprint density at radius 1 is 1.13 bits per heavy atom. The van der Waals surface area contributed by atoms with Crippen molar-refractivity contribution in [3.63, 3.8) is 0 Å². The van der Waals surface area contributed by atoms with Gasteiger partial charge in [0.15, 0.2) is 0 Å². The number of carbonyl (C=O) groups excluding carboxylic acids is 1. The zero-order valence-electron chi connectivity index (χ0n) is 16.8. The van der Waals surface area contributed by atoms with Gasteiger partial charge in [0.05, 0.1) is 17.3 Å². The van der Waals surface area contributed by atoms with E-state index in [-0.39, 0.29) is 12.5 Å². The number of nitrogens with zero attached hydrogens (tertiary/aromatic N) is 4. The quantitative estimate of drug-likeness (QED) is 0.639. The average Bonchev–Trinajstić information content (AvgIpc) is 3.39. The van der Waals surface area contributed by atoms with Crippen LogP contribution >= 0.6 is 0 Å². The second kappa shape index (κ2) is 9.71. The van der Waals surface area contributed by atoms with Crippen LogP contribution in [0.2, 0.25) is 0 Å². The third-order valence-electron chi connectivity index (χ3n) is 4.80. The Bertz CT molecular complexity index is 1020. The maximum Gasteiger partial charge on any atom is 0.266 e. The fraction of sp³-hybridized carbons (Fsp3) is 0.381. The Labute approximate surface area is 172 Å². The summed E-state index contributed by atoms with van der Waals surface area (Å²) in [5, 5.41) is 4.23. The molecule has 0 N–H and O–H groups in total. The van der Waals surface area contributed by atoms with Crippen molar-refractivity contribution in [3.05, 3.63) is 48.0 Å². The van der Waals surface area contributed by atoms with Gasteiger partial charge >= 0.3 is 0 Å². The number of carbonyl (C=O) groups is 1. The minimum atomic E-state index is -2.90. The van der Waals surface area contributed by atoms with Gasteiger partial charge in [0.25, 0.3) is 6.43 Å². The molecule has 2 aromatic heterocycles. The van der Waals surface area contributed by atoms with Crippen LogP contribution in [-0.2, 0) is 16.1 Å². The molecule has 1 aromatic carbocycles. The number of pyridine rings is 1. The summed E-state index contributed by atoms with van der Waals surface area (Å²) in [5.74, 6) is -0.950. The van der Waals surface area contributed by atoms with Crippen LogP contribution in [0.1, 0.15) is 24.8 Å². The van der Waals surface area contributed by atoms with Gasteiger partial charge < -0.3 is 9.64 Å². The van der Waals surface area contributed by atoms with Crippen molar-refractivity contribution in [2.75, 3.05) is 27.3 Å². The summed E-state index contributed by atoms with van der Waals surface area (Å²) in [6.07, 6.45) is 2.21. The largest absolute Gasteiger partial charge is 0.388 e. The van der Waals surface area contributed by atoms with E-state index in [2.05, 4.69) is 14.8 Å². The van der Waals surface area contributed by atoms with E-state index in [9.17, 15) is 18.0 Å². The number of halogens is 3. The molecule has 0 unspecified atom stereocenters. The highest BCUT2D eigenvalue weighted by atomic mass is 19.3.